The summed E-state index contributed by atoms with van der Waals surface area (Å²) >= 11 is 1.76. The van der Waals surface area contributed by atoms with E-state index in [-0.39, 0.29) is 0 Å². The zero-order chi connectivity index (χ0) is 19.9. The van der Waals surface area contributed by atoms with E-state index in [2.05, 4.69) is 17.1 Å². The van der Waals surface area contributed by atoms with Crippen molar-refractivity contribution in [2.45, 2.75) is 63.4 Å². The maximum absolute atomic E-state index is 5.46. The van der Waals surface area contributed by atoms with Crippen LogP contribution in [0.25, 0.3) is 5.78 Å². The number of aromatic nitrogens is 4. The Morgan fingerprint density at radius 3 is 2.79 bits per heavy atom. The highest BCUT2D eigenvalue weighted by molar-refractivity contribution is 7.99. The second-order valence-electron chi connectivity index (χ2n) is 7.99. The predicted molar refractivity (Wildman–Crippen MR) is 118 cm³/mol. The molecule has 29 heavy (non-hydrogen) atoms. The van der Waals surface area contributed by atoms with Crippen LogP contribution in [-0.2, 0) is 17.6 Å². The van der Waals surface area contributed by atoms with E-state index in [1.54, 1.807) is 11.8 Å². The van der Waals surface area contributed by atoms with Gasteiger partial charge in [-0.05, 0) is 32.1 Å². The van der Waals surface area contributed by atoms with Gasteiger partial charge in [-0.25, -0.2) is 4.98 Å². The van der Waals surface area contributed by atoms with Crippen LogP contribution in [0.3, 0.4) is 0 Å². The third-order valence-electron chi connectivity index (χ3n) is 5.80. The van der Waals surface area contributed by atoms with Crippen molar-refractivity contribution in [1.82, 2.24) is 24.5 Å². The first-order valence-corrected chi connectivity index (χ1v) is 12.3. The van der Waals surface area contributed by atoms with Crippen molar-refractivity contribution in [3.05, 3.63) is 11.3 Å². The predicted octanol–water partition coefficient (Wildman–Crippen LogP) is 3.42. The number of rotatable bonds is 10. The SMILES string of the molecule is CCCCCCSc1nc2nc3c(c(NCCN4CCOCC4)n2n1)CCCC3. The molecule has 7 nitrogen and oxygen atoms in total. The summed E-state index contributed by atoms with van der Waals surface area (Å²) in [6.07, 6.45) is 9.67. The van der Waals surface area contributed by atoms with Crippen LogP contribution < -0.4 is 5.32 Å². The molecule has 0 radical (unpaired) electrons. The van der Waals surface area contributed by atoms with E-state index in [4.69, 9.17) is 19.8 Å². The molecule has 0 atom stereocenters. The molecular weight excluding hydrogens is 384 g/mol. The highest BCUT2D eigenvalue weighted by Crippen LogP contribution is 2.28. The minimum Gasteiger partial charge on any atom is -0.379 e. The van der Waals surface area contributed by atoms with Gasteiger partial charge in [0.25, 0.3) is 5.78 Å². The average Bonchev–Trinajstić information content (AvgIpc) is 3.16. The molecule has 0 spiro atoms. The van der Waals surface area contributed by atoms with Gasteiger partial charge in [0.05, 0.1) is 18.9 Å². The minimum absolute atomic E-state index is 0.746. The molecule has 3 heterocycles. The minimum atomic E-state index is 0.746. The van der Waals surface area contributed by atoms with Crippen LogP contribution in [0.1, 0.15) is 56.7 Å². The average molecular weight is 419 g/mol. The third kappa shape index (κ3) is 5.41. The molecule has 2 aliphatic rings. The molecule has 160 valence electrons. The number of unbranched alkanes of at least 4 members (excludes halogenated alkanes) is 3. The number of anilines is 1. The maximum atomic E-state index is 5.46. The van der Waals surface area contributed by atoms with Crippen LogP contribution in [-0.4, -0.2) is 69.6 Å². The summed E-state index contributed by atoms with van der Waals surface area (Å²) in [5.74, 6) is 2.94. The summed E-state index contributed by atoms with van der Waals surface area (Å²) in [4.78, 5) is 12.1. The van der Waals surface area contributed by atoms with E-state index < -0.39 is 0 Å². The van der Waals surface area contributed by atoms with Gasteiger partial charge in [-0.3, -0.25) is 4.90 Å². The Labute approximate surface area is 178 Å². The molecule has 1 aliphatic carbocycles. The standard InChI is InChI=1S/C21H34N6OS/c1-2-3-4-7-16-29-21-24-20-23-18-9-6-5-8-17(18)19(27(20)25-21)22-10-11-26-12-14-28-15-13-26/h22H,2-16H2,1H3. The van der Waals surface area contributed by atoms with Crippen molar-refractivity contribution >= 4 is 23.4 Å². The van der Waals surface area contributed by atoms with Gasteiger partial charge in [0.1, 0.15) is 5.82 Å². The highest BCUT2D eigenvalue weighted by Gasteiger charge is 2.21. The zero-order valence-electron chi connectivity index (χ0n) is 17.7. The second kappa shape index (κ2) is 10.6. The molecule has 1 N–H and O–H groups in total. The van der Waals surface area contributed by atoms with E-state index in [9.17, 15) is 0 Å². The van der Waals surface area contributed by atoms with Crippen molar-refractivity contribution < 1.29 is 4.74 Å². The summed E-state index contributed by atoms with van der Waals surface area (Å²) in [6.45, 7) is 7.91. The number of aryl methyl sites for hydroxylation is 1. The summed E-state index contributed by atoms with van der Waals surface area (Å²) in [5.41, 5.74) is 2.56. The first-order chi connectivity index (χ1) is 14.3. The number of thioether (sulfide) groups is 1. The molecule has 4 rings (SSSR count). The molecule has 1 saturated heterocycles. The maximum Gasteiger partial charge on any atom is 0.255 e. The molecule has 2 aromatic rings. The summed E-state index contributed by atoms with van der Waals surface area (Å²) in [5, 5.41) is 9.36. The van der Waals surface area contributed by atoms with Crippen molar-refractivity contribution in [2.24, 2.45) is 0 Å². The molecule has 0 aromatic carbocycles. The van der Waals surface area contributed by atoms with Crippen molar-refractivity contribution in [3.8, 4) is 0 Å². The van der Waals surface area contributed by atoms with Gasteiger partial charge in [-0.15, -0.1) is 5.10 Å². The lowest BCUT2D eigenvalue weighted by Gasteiger charge is -2.27. The molecule has 1 aliphatic heterocycles. The lowest BCUT2D eigenvalue weighted by molar-refractivity contribution is 0.0398. The number of hydrogen-bond donors (Lipinski definition) is 1. The fourth-order valence-electron chi connectivity index (χ4n) is 4.12. The van der Waals surface area contributed by atoms with Crippen LogP contribution in [0.4, 0.5) is 5.82 Å². The van der Waals surface area contributed by atoms with Crippen LogP contribution in [0.2, 0.25) is 0 Å². The summed E-state index contributed by atoms with van der Waals surface area (Å²) in [6, 6.07) is 0. The Bertz CT molecular complexity index is 789. The smallest absolute Gasteiger partial charge is 0.255 e. The fraction of sp³-hybridized carbons (Fsp3) is 0.762. The molecule has 0 unspecified atom stereocenters. The number of morpholine rings is 1. The Hall–Kier alpha value is -1.38. The fourth-order valence-corrected chi connectivity index (χ4v) is 4.93. The normalized spacial score (nSPS) is 17.6. The lowest BCUT2D eigenvalue weighted by Crippen LogP contribution is -2.39. The van der Waals surface area contributed by atoms with Crippen LogP contribution in [0, 0.1) is 0 Å². The Balaban J connectivity index is 1.47. The van der Waals surface area contributed by atoms with Gasteiger partial charge in [-0.1, -0.05) is 37.9 Å². The molecular formula is C21H34N6OS. The van der Waals surface area contributed by atoms with Gasteiger partial charge in [-0.2, -0.15) is 9.50 Å². The molecule has 0 saturated carbocycles. The number of fused-ring (bicyclic) bond motifs is 2. The van der Waals surface area contributed by atoms with Gasteiger partial charge in [0.15, 0.2) is 0 Å². The summed E-state index contributed by atoms with van der Waals surface area (Å²) in [7, 11) is 0. The lowest BCUT2D eigenvalue weighted by atomic mass is 9.96. The zero-order valence-corrected chi connectivity index (χ0v) is 18.5. The number of nitrogens with zero attached hydrogens (tertiary/aromatic N) is 5. The van der Waals surface area contributed by atoms with E-state index in [1.807, 2.05) is 4.52 Å². The molecule has 0 bridgehead atoms. The van der Waals surface area contributed by atoms with Crippen molar-refractivity contribution in [2.75, 3.05) is 50.5 Å². The summed E-state index contributed by atoms with van der Waals surface area (Å²) < 4.78 is 7.41. The molecule has 1 fully saturated rings. The number of nitrogens with one attached hydrogen (secondary N) is 1. The Morgan fingerprint density at radius 2 is 1.93 bits per heavy atom. The Kier molecular flexibility index (Phi) is 7.62. The van der Waals surface area contributed by atoms with E-state index in [0.717, 1.165) is 74.7 Å². The topological polar surface area (TPSA) is 67.6 Å². The first kappa shape index (κ1) is 20.9. The largest absolute Gasteiger partial charge is 0.379 e. The van der Waals surface area contributed by atoms with Crippen molar-refractivity contribution in [3.63, 3.8) is 0 Å². The second-order valence-corrected chi connectivity index (χ2v) is 9.05. The Morgan fingerprint density at radius 1 is 1.07 bits per heavy atom. The van der Waals surface area contributed by atoms with Crippen molar-refractivity contribution in [1.29, 1.82) is 0 Å². The monoisotopic (exact) mass is 418 g/mol. The van der Waals surface area contributed by atoms with Gasteiger partial charge in [0.2, 0.25) is 5.16 Å². The van der Waals surface area contributed by atoms with Gasteiger partial charge in [0, 0.05) is 37.5 Å². The van der Waals surface area contributed by atoms with Gasteiger partial charge < -0.3 is 10.1 Å². The quantitative estimate of drug-likeness (QED) is 0.468. The molecule has 2 aromatic heterocycles. The number of hydrogen-bond acceptors (Lipinski definition) is 7. The van der Waals surface area contributed by atoms with Crippen LogP contribution in [0.5, 0.6) is 0 Å². The highest BCUT2D eigenvalue weighted by atomic mass is 32.2. The number of ether oxygens (including phenoxy) is 1. The molecule has 0 amide bonds. The van der Waals surface area contributed by atoms with Crippen LogP contribution in [0.15, 0.2) is 5.16 Å². The third-order valence-corrected chi connectivity index (χ3v) is 6.72. The van der Waals surface area contributed by atoms with E-state index in [0.29, 0.717) is 0 Å². The van der Waals surface area contributed by atoms with E-state index >= 15 is 0 Å². The van der Waals surface area contributed by atoms with Gasteiger partial charge >= 0.3 is 0 Å². The molecule has 8 heteroatoms. The van der Waals surface area contributed by atoms with E-state index in [1.165, 1.54) is 49.8 Å². The first-order valence-electron chi connectivity index (χ1n) is 11.3. The van der Waals surface area contributed by atoms with Crippen LogP contribution >= 0.6 is 11.8 Å².